The molecular weight excluding hydrogens is 242 g/mol. The molecule has 1 aliphatic heterocycles. The Kier molecular flexibility index (Phi) is 4.45. The van der Waals surface area contributed by atoms with Crippen LogP contribution >= 0.6 is 0 Å². The molecule has 5 nitrogen and oxygen atoms in total. The number of hydrogen-bond acceptors (Lipinski definition) is 3. The van der Waals surface area contributed by atoms with Crippen LogP contribution in [0.2, 0.25) is 0 Å². The highest BCUT2D eigenvalue weighted by Gasteiger charge is 2.28. The van der Waals surface area contributed by atoms with Crippen LogP contribution in [-0.4, -0.2) is 39.7 Å². The third-order valence-electron chi connectivity index (χ3n) is 3.47. The van der Waals surface area contributed by atoms with Gasteiger partial charge in [-0.15, -0.1) is 0 Å². The van der Waals surface area contributed by atoms with Crippen molar-refractivity contribution in [3.63, 3.8) is 0 Å². The van der Waals surface area contributed by atoms with Crippen molar-refractivity contribution in [3.8, 4) is 0 Å². The number of hydrogen-bond donors (Lipinski definition) is 0. The summed E-state index contributed by atoms with van der Waals surface area (Å²) in [5.41, 5.74) is 0. The average molecular weight is 265 g/mol. The number of amides is 1. The molecule has 1 aromatic rings. The maximum atomic E-state index is 12.0. The molecule has 0 saturated carbocycles. The fourth-order valence-corrected chi connectivity index (χ4v) is 2.58. The van der Waals surface area contributed by atoms with Crippen LogP contribution in [0.4, 0.5) is 4.79 Å². The standard InChI is InChI=1S/C14H23N3O2/c1-4-16-9-7-15-13(16)12-6-5-8-17(10-12)14(18)19-11(2)3/h7,9,11-12H,4-6,8,10H2,1-3H3/t12-/m0/s1. The average Bonchev–Trinajstić information content (AvgIpc) is 2.86. The molecule has 2 heterocycles. The maximum Gasteiger partial charge on any atom is 0.410 e. The lowest BCUT2D eigenvalue weighted by atomic mass is 9.97. The fraction of sp³-hybridized carbons (Fsp3) is 0.714. The summed E-state index contributed by atoms with van der Waals surface area (Å²) in [4.78, 5) is 18.2. The van der Waals surface area contributed by atoms with Crippen LogP contribution in [0.3, 0.4) is 0 Å². The molecule has 5 heteroatoms. The van der Waals surface area contributed by atoms with Crippen molar-refractivity contribution in [2.75, 3.05) is 13.1 Å². The second kappa shape index (κ2) is 6.08. The topological polar surface area (TPSA) is 47.4 Å². The minimum absolute atomic E-state index is 0.0643. The van der Waals surface area contributed by atoms with E-state index in [1.165, 1.54) is 0 Å². The summed E-state index contributed by atoms with van der Waals surface area (Å²) < 4.78 is 7.43. The van der Waals surface area contributed by atoms with Gasteiger partial charge in [0.25, 0.3) is 0 Å². The van der Waals surface area contributed by atoms with Crippen molar-refractivity contribution < 1.29 is 9.53 Å². The van der Waals surface area contributed by atoms with E-state index in [1.54, 1.807) is 0 Å². The molecule has 0 unspecified atom stereocenters. The molecule has 1 aromatic heterocycles. The van der Waals surface area contributed by atoms with Gasteiger partial charge >= 0.3 is 6.09 Å². The van der Waals surface area contributed by atoms with Crippen molar-refractivity contribution in [2.24, 2.45) is 0 Å². The zero-order valence-corrected chi connectivity index (χ0v) is 12.0. The molecule has 1 fully saturated rings. The van der Waals surface area contributed by atoms with Gasteiger partial charge in [0.05, 0.1) is 6.10 Å². The van der Waals surface area contributed by atoms with Gasteiger partial charge in [0, 0.05) is 37.9 Å². The molecule has 106 valence electrons. The largest absolute Gasteiger partial charge is 0.447 e. The molecule has 1 amide bonds. The lowest BCUT2D eigenvalue weighted by Crippen LogP contribution is -2.40. The van der Waals surface area contributed by atoms with Gasteiger partial charge in [-0.05, 0) is 33.6 Å². The van der Waals surface area contributed by atoms with Gasteiger partial charge in [-0.1, -0.05) is 0 Å². The first kappa shape index (κ1) is 13.9. The highest BCUT2D eigenvalue weighted by atomic mass is 16.6. The molecule has 0 aliphatic carbocycles. The van der Waals surface area contributed by atoms with Crippen LogP contribution in [0.25, 0.3) is 0 Å². The normalized spacial score (nSPS) is 19.8. The van der Waals surface area contributed by atoms with E-state index >= 15 is 0 Å². The van der Waals surface area contributed by atoms with E-state index in [1.807, 2.05) is 31.1 Å². The number of piperidine rings is 1. The van der Waals surface area contributed by atoms with E-state index in [0.29, 0.717) is 12.5 Å². The van der Waals surface area contributed by atoms with Gasteiger partial charge in [0.1, 0.15) is 5.82 Å². The van der Waals surface area contributed by atoms with Crippen molar-refractivity contribution in [1.82, 2.24) is 14.5 Å². The summed E-state index contributed by atoms with van der Waals surface area (Å²) >= 11 is 0. The lowest BCUT2D eigenvalue weighted by molar-refractivity contribution is 0.0675. The van der Waals surface area contributed by atoms with E-state index in [4.69, 9.17) is 4.74 Å². The second-order valence-corrected chi connectivity index (χ2v) is 5.29. The van der Waals surface area contributed by atoms with Crippen LogP contribution in [0.1, 0.15) is 45.4 Å². The number of aromatic nitrogens is 2. The first-order valence-corrected chi connectivity index (χ1v) is 7.08. The maximum absolute atomic E-state index is 12.0. The third-order valence-corrected chi connectivity index (χ3v) is 3.47. The predicted octanol–water partition coefficient (Wildman–Crippen LogP) is 2.63. The molecule has 1 atom stereocenters. The Balaban J connectivity index is 2.03. The van der Waals surface area contributed by atoms with Gasteiger partial charge in [0.15, 0.2) is 0 Å². The quantitative estimate of drug-likeness (QED) is 0.844. The molecule has 1 aliphatic rings. The van der Waals surface area contributed by atoms with E-state index in [9.17, 15) is 4.79 Å². The minimum Gasteiger partial charge on any atom is -0.447 e. The first-order valence-electron chi connectivity index (χ1n) is 7.08. The van der Waals surface area contributed by atoms with Crippen LogP contribution in [-0.2, 0) is 11.3 Å². The minimum atomic E-state index is -0.200. The first-order chi connectivity index (χ1) is 9.11. The molecule has 0 N–H and O–H groups in total. The molecule has 2 rings (SSSR count). The molecular formula is C14H23N3O2. The Labute approximate surface area is 114 Å². The number of carbonyl (C=O) groups is 1. The second-order valence-electron chi connectivity index (χ2n) is 5.29. The molecule has 0 radical (unpaired) electrons. The lowest BCUT2D eigenvalue weighted by Gasteiger charge is -2.32. The van der Waals surface area contributed by atoms with Crippen LogP contribution < -0.4 is 0 Å². The Morgan fingerprint density at radius 3 is 3.05 bits per heavy atom. The summed E-state index contributed by atoms with van der Waals surface area (Å²) in [6, 6.07) is 0. The highest BCUT2D eigenvalue weighted by molar-refractivity contribution is 5.68. The highest BCUT2D eigenvalue weighted by Crippen LogP contribution is 2.26. The SMILES string of the molecule is CCn1ccnc1[C@H]1CCCN(C(=O)OC(C)C)C1. The van der Waals surface area contributed by atoms with Crippen molar-refractivity contribution in [3.05, 3.63) is 18.2 Å². The number of carbonyl (C=O) groups excluding carboxylic acids is 1. The zero-order chi connectivity index (χ0) is 13.8. The fourth-order valence-electron chi connectivity index (χ4n) is 2.58. The Bertz CT molecular complexity index is 428. The Hall–Kier alpha value is -1.52. The van der Waals surface area contributed by atoms with Crippen molar-refractivity contribution in [2.45, 2.75) is 52.2 Å². The number of nitrogens with zero attached hydrogens (tertiary/aromatic N) is 3. The van der Waals surface area contributed by atoms with Gasteiger partial charge in [-0.3, -0.25) is 0 Å². The number of ether oxygens (including phenoxy) is 1. The molecule has 0 bridgehead atoms. The monoisotopic (exact) mass is 265 g/mol. The third kappa shape index (κ3) is 3.28. The number of imidazole rings is 1. The Morgan fingerprint density at radius 1 is 1.58 bits per heavy atom. The molecule has 1 saturated heterocycles. The smallest absolute Gasteiger partial charge is 0.410 e. The van der Waals surface area contributed by atoms with Gasteiger partial charge in [-0.2, -0.15) is 0 Å². The van der Waals surface area contributed by atoms with Crippen molar-refractivity contribution in [1.29, 1.82) is 0 Å². The summed E-state index contributed by atoms with van der Waals surface area (Å²) in [5.74, 6) is 1.41. The van der Waals surface area contributed by atoms with Gasteiger partial charge in [-0.25, -0.2) is 9.78 Å². The summed E-state index contributed by atoms with van der Waals surface area (Å²) in [7, 11) is 0. The van der Waals surface area contributed by atoms with Crippen molar-refractivity contribution >= 4 is 6.09 Å². The van der Waals surface area contributed by atoms with Crippen LogP contribution in [0.15, 0.2) is 12.4 Å². The van der Waals surface area contributed by atoms with Gasteiger partial charge in [0.2, 0.25) is 0 Å². The summed E-state index contributed by atoms with van der Waals surface area (Å²) in [6.07, 6.45) is 5.67. The van der Waals surface area contributed by atoms with Crippen LogP contribution in [0, 0.1) is 0 Å². The van der Waals surface area contributed by atoms with E-state index < -0.39 is 0 Å². The van der Waals surface area contributed by atoms with E-state index in [2.05, 4.69) is 16.5 Å². The molecule has 19 heavy (non-hydrogen) atoms. The molecule has 0 aromatic carbocycles. The van der Waals surface area contributed by atoms with E-state index in [0.717, 1.165) is 31.8 Å². The van der Waals surface area contributed by atoms with Gasteiger partial charge < -0.3 is 14.2 Å². The zero-order valence-electron chi connectivity index (χ0n) is 12.0. The Morgan fingerprint density at radius 2 is 2.37 bits per heavy atom. The summed E-state index contributed by atoms with van der Waals surface area (Å²) in [6.45, 7) is 8.28. The molecule has 0 spiro atoms. The number of aryl methyl sites for hydroxylation is 1. The van der Waals surface area contributed by atoms with E-state index in [-0.39, 0.29) is 12.2 Å². The number of rotatable bonds is 3. The predicted molar refractivity (Wildman–Crippen MR) is 73.1 cm³/mol. The van der Waals surface area contributed by atoms with Crippen LogP contribution in [0.5, 0.6) is 0 Å². The number of likely N-dealkylation sites (tertiary alicyclic amines) is 1. The summed E-state index contributed by atoms with van der Waals surface area (Å²) in [5, 5.41) is 0.